The number of hydrogen-bond donors (Lipinski definition) is 1. The van der Waals surface area contributed by atoms with Crippen molar-refractivity contribution in [1.29, 1.82) is 0 Å². The van der Waals surface area contributed by atoms with Gasteiger partial charge in [-0.2, -0.15) is 0 Å². The summed E-state index contributed by atoms with van der Waals surface area (Å²) in [4.78, 5) is 4.66. The number of anilines is 2. The maximum absolute atomic E-state index is 5.27. The lowest BCUT2D eigenvalue weighted by atomic mass is 10.2. The van der Waals surface area contributed by atoms with Crippen LogP contribution in [0.2, 0.25) is 0 Å². The number of rotatable bonds is 3. The van der Waals surface area contributed by atoms with E-state index in [2.05, 4.69) is 41.5 Å². The van der Waals surface area contributed by atoms with Crippen LogP contribution < -0.4 is 10.1 Å². The minimum absolute atomic E-state index is 0.899. The van der Waals surface area contributed by atoms with Gasteiger partial charge in [0.25, 0.3) is 0 Å². The van der Waals surface area contributed by atoms with E-state index in [1.165, 1.54) is 10.3 Å². The number of benzene rings is 2. The molecule has 0 aliphatic rings. The molecule has 0 spiro atoms. The molecule has 0 atom stereocenters. The Morgan fingerprint density at radius 3 is 2.65 bits per heavy atom. The number of fused-ring (bicyclic) bond motifs is 1. The highest BCUT2D eigenvalue weighted by Gasteiger charge is 2.06. The first-order valence-electron chi connectivity index (χ1n) is 6.45. The van der Waals surface area contributed by atoms with Gasteiger partial charge < -0.3 is 10.1 Å². The van der Waals surface area contributed by atoms with Gasteiger partial charge in [0, 0.05) is 5.69 Å². The van der Waals surface area contributed by atoms with Crippen LogP contribution in [0.4, 0.5) is 10.8 Å². The molecule has 3 aromatic rings. The van der Waals surface area contributed by atoms with Gasteiger partial charge in [-0.05, 0) is 49.2 Å². The van der Waals surface area contributed by atoms with Gasteiger partial charge in [0.05, 0.1) is 17.3 Å². The molecule has 0 aliphatic carbocycles. The largest absolute Gasteiger partial charge is 0.496 e. The van der Waals surface area contributed by atoms with E-state index < -0.39 is 0 Å². The standard InChI is InChI=1S/C16H16N2OS/c1-10-5-4-6-14-15(10)18-16(20-14)17-12-7-8-13(19-3)11(2)9-12/h4-9H,1-3H3,(H,17,18). The van der Waals surface area contributed by atoms with E-state index in [1.54, 1.807) is 18.4 Å². The van der Waals surface area contributed by atoms with Crippen molar-refractivity contribution in [2.24, 2.45) is 0 Å². The van der Waals surface area contributed by atoms with E-state index in [4.69, 9.17) is 4.74 Å². The quantitative estimate of drug-likeness (QED) is 0.759. The third kappa shape index (κ3) is 2.34. The lowest BCUT2D eigenvalue weighted by molar-refractivity contribution is 0.412. The Morgan fingerprint density at radius 1 is 1.10 bits per heavy atom. The van der Waals surface area contributed by atoms with Crippen LogP contribution in [-0.2, 0) is 0 Å². The molecular weight excluding hydrogens is 268 g/mol. The van der Waals surface area contributed by atoms with Crippen molar-refractivity contribution >= 4 is 32.4 Å². The molecule has 1 aromatic heterocycles. The molecule has 0 fully saturated rings. The van der Waals surface area contributed by atoms with Crippen molar-refractivity contribution in [3.63, 3.8) is 0 Å². The molecule has 0 saturated heterocycles. The third-order valence-corrected chi connectivity index (χ3v) is 4.20. The number of para-hydroxylation sites is 1. The Hall–Kier alpha value is -2.07. The molecule has 0 bridgehead atoms. The van der Waals surface area contributed by atoms with Gasteiger partial charge >= 0.3 is 0 Å². The summed E-state index contributed by atoms with van der Waals surface area (Å²) in [7, 11) is 1.69. The van der Waals surface area contributed by atoms with Crippen LogP contribution in [0.25, 0.3) is 10.2 Å². The molecule has 102 valence electrons. The first kappa shape index (κ1) is 12.9. The van der Waals surface area contributed by atoms with E-state index in [1.807, 2.05) is 19.1 Å². The topological polar surface area (TPSA) is 34.1 Å². The maximum Gasteiger partial charge on any atom is 0.188 e. The average molecular weight is 284 g/mol. The zero-order valence-corrected chi connectivity index (χ0v) is 12.5. The first-order chi connectivity index (χ1) is 9.67. The maximum atomic E-state index is 5.27. The first-order valence-corrected chi connectivity index (χ1v) is 7.27. The lowest BCUT2D eigenvalue weighted by Crippen LogP contribution is -1.92. The lowest BCUT2D eigenvalue weighted by Gasteiger charge is -2.07. The predicted molar refractivity (Wildman–Crippen MR) is 85.4 cm³/mol. The van der Waals surface area contributed by atoms with Gasteiger partial charge in [0.1, 0.15) is 5.75 Å². The predicted octanol–water partition coefficient (Wildman–Crippen LogP) is 4.67. The monoisotopic (exact) mass is 284 g/mol. The van der Waals surface area contributed by atoms with Gasteiger partial charge in [0.2, 0.25) is 0 Å². The molecule has 0 unspecified atom stereocenters. The Balaban J connectivity index is 1.93. The summed E-state index contributed by atoms with van der Waals surface area (Å²) >= 11 is 1.67. The molecule has 20 heavy (non-hydrogen) atoms. The highest BCUT2D eigenvalue weighted by Crippen LogP contribution is 2.31. The third-order valence-electron chi connectivity index (χ3n) is 3.27. The summed E-state index contributed by atoms with van der Waals surface area (Å²) in [5, 5.41) is 4.28. The molecule has 3 nitrogen and oxygen atoms in total. The van der Waals surface area contributed by atoms with E-state index in [9.17, 15) is 0 Å². The summed E-state index contributed by atoms with van der Waals surface area (Å²) in [5.41, 5.74) is 4.41. The van der Waals surface area contributed by atoms with E-state index in [0.717, 1.165) is 27.6 Å². The minimum Gasteiger partial charge on any atom is -0.496 e. The number of ether oxygens (including phenoxy) is 1. The van der Waals surface area contributed by atoms with Crippen molar-refractivity contribution in [1.82, 2.24) is 4.98 Å². The second-order valence-corrected chi connectivity index (χ2v) is 5.78. The van der Waals surface area contributed by atoms with Crippen LogP contribution in [-0.4, -0.2) is 12.1 Å². The molecule has 0 amide bonds. The van der Waals surface area contributed by atoms with Gasteiger partial charge in [0.15, 0.2) is 5.13 Å². The van der Waals surface area contributed by atoms with E-state index in [0.29, 0.717) is 0 Å². The molecule has 0 saturated carbocycles. The number of nitrogens with one attached hydrogen (secondary N) is 1. The van der Waals surface area contributed by atoms with E-state index in [-0.39, 0.29) is 0 Å². The van der Waals surface area contributed by atoms with Gasteiger partial charge in [-0.15, -0.1) is 0 Å². The van der Waals surface area contributed by atoms with Crippen molar-refractivity contribution in [3.8, 4) is 5.75 Å². The van der Waals surface area contributed by atoms with Crippen molar-refractivity contribution < 1.29 is 4.74 Å². The second kappa shape index (κ2) is 5.13. The fourth-order valence-corrected chi connectivity index (χ4v) is 3.18. The van der Waals surface area contributed by atoms with Crippen LogP contribution >= 0.6 is 11.3 Å². The number of aryl methyl sites for hydroxylation is 2. The summed E-state index contributed by atoms with van der Waals surface area (Å²) < 4.78 is 6.48. The molecule has 1 N–H and O–H groups in total. The zero-order valence-electron chi connectivity index (χ0n) is 11.7. The minimum atomic E-state index is 0.899. The van der Waals surface area contributed by atoms with Crippen molar-refractivity contribution in [3.05, 3.63) is 47.5 Å². The Kier molecular flexibility index (Phi) is 3.32. The second-order valence-electron chi connectivity index (χ2n) is 4.75. The highest BCUT2D eigenvalue weighted by molar-refractivity contribution is 7.22. The van der Waals surface area contributed by atoms with Crippen LogP contribution in [0.15, 0.2) is 36.4 Å². The van der Waals surface area contributed by atoms with Crippen LogP contribution in [0, 0.1) is 13.8 Å². The fourth-order valence-electron chi connectivity index (χ4n) is 2.22. The SMILES string of the molecule is COc1ccc(Nc2nc3c(C)cccc3s2)cc1C. The summed E-state index contributed by atoms with van der Waals surface area (Å²) in [6.07, 6.45) is 0. The summed E-state index contributed by atoms with van der Waals surface area (Å²) in [5.74, 6) is 0.899. The Labute approximate surface area is 122 Å². The Bertz CT molecular complexity index is 764. The van der Waals surface area contributed by atoms with E-state index >= 15 is 0 Å². The zero-order chi connectivity index (χ0) is 14.1. The Morgan fingerprint density at radius 2 is 1.95 bits per heavy atom. The molecular formula is C16H16N2OS. The molecule has 0 aliphatic heterocycles. The van der Waals surface area contributed by atoms with Crippen LogP contribution in [0.1, 0.15) is 11.1 Å². The number of hydrogen-bond acceptors (Lipinski definition) is 4. The normalized spacial score (nSPS) is 10.8. The van der Waals surface area contributed by atoms with Gasteiger partial charge in [-0.1, -0.05) is 23.5 Å². The molecule has 1 heterocycles. The summed E-state index contributed by atoms with van der Waals surface area (Å²) in [6, 6.07) is 12.3. The molecule has 0 radical (unpaired) electrons. The smallest absolute Gasteiger partial charge is 0.188 e. The molecule has 2 aromatic carbocycles. The number of aromatic nitrogens is 1. The number of nitrogens with zero attached hydrogens (tertiary/aromatic N) is 1. The van der Waals surface area contributed by atoms with Gasteiger partial charge in [-0.3, -0.25) is 0 Å². The van der Waals surface area contributed by atoms with Crippen molar-refractivity contribution in [2.45, 2.75) is 13.8 Å². The molecule has 4 heteroatoms. The van der Waals surface area contributed by atoms with Crippen LogP contribution in [0.5, 0.6) is 5.75 Å². The van der Waals surface area contributed by atoms with Gasteiger partial charge in [-0.25, -0.2) is 4.98 Å². The van der Waals surface area contributed by atoms with Crippen molar-refractivity contribution in [2.75, 3.05) is 12.4 Å². The average Bonchev–Trinajstić information content (AvgIpc) is 2.83. The highest BCUT2D eigenvalue weighted by atomic mass is 32.1. The number of methoxy groups -OCH3 is 1. The summed E-state index contributed by atoms with van der Waals surface area (Å²) in [6.45, 7) is 4.12. The van der Waals surface area contributed by atoms with Crippen LogP contribution in [0.3, 0.4) is 0 Å². The fraction of sp³-hybridized carbons (Fsp3) is 0.188. The number of thiazole rings is 1. The molecule has 3 rings (SSSR count).